The van der Waals surface area contributed by atoms with Gasteiger partial charge < -0.3 is 5.32 Å². The molecule has 5 heteroatoms. The smallest absolute Gasteiger partial charge is 0.224 e. The van der Waals surface area contributed by atoms with Gasteiger partial charge in [-0.3, -0.25) is 14.3 Å². The highest BCUT2D eigenvalue weighted by Gasteiger charge is 2.05. The van der Waals surface area contributed by atoms with Gasteiger partial charge in [0, 0.05) is 24.6 Å². The molecule has 5 nitrogen and oxygen atoms in total. The molecule has 0 radical (unpaired) electrons. The molecule has 0 saturated carbocycles. The molecule has 0 unspecified atom stereocenters. The molecule has 0 fully saturated rings. The second-order valence-corrected chi connectivity index (χ2v) is 6.08. The summed E-state index contributed by atoms with van der Waals surface area (Å²) in [5.41, 5.74) is 5.11. The van der Waals surface area contributed by atoms with Crippen LogP contribution in [0, 0.1) is 0 Å². The van der Waals surface area contributed by atoms with Crippen molar-refractivity contribution < 1.29 is 4.79 Å². The van der Waals surface area contributed by atoms with E-state index in [1.54, 1.807) is 12.4 Å². The number of fused-ring (bicyclic) bond motifs is 1. The second kappa shape index (κ2) is 7.19. The van der Waals surface area contributed by atoms with Crippen molar-refractivity contribution in [1.29, 1.82) is 0 Å². The minimum atomic E-state index is 0.000815. The standard InChI is InChI=1S/C21H18N4O/c26-21(13-16-9-11-22-12-10-16)23-14-17-5-7-18(8-6-17)25-15-24-19-3-1-2-4-20(19)25/h1-12,15H,13-14H2,(H,23,26). The molecule has 0 aliphatic carbocycles. The van der Waals surface area contributed by atoms with E-state index in [0.717, 1.165) is 27.8 Å². The zero-order valence-electron chi connectivity index (χ0n) is 14.2. The number of hydrogen-bond donors (Lipinski definition) is 1. The number of pyridine rings is 1. The number of imidazole rings is 1. The molecule has 0 spiro atoms. The van der Waals surface area contributed by atoms with E-state index in [0.29, 0.717) is 13.0 Å². The third kappa shape index (κ3) is 3.47. The van der Waals surface area contributed by atoms with Crippen LogP contribution in [-0.2, 0) is 17.8 Å². The molecule has 0 aliphatic rings. The molecular weight excluding hydrogens is 324 g/mol. The van der Waals surface area contributed by atoms with Gasteiger partial charge in [-0.2, -0.15) is 0 Å². The summed E-state index contributed by atoms with van der Waals surface area (Å²) in [6.07, 6.45) is 5.58. The fraction of sp³-hybridized carbons (Fsp3) is 0.0952. The SMILES string of the molecule is O=C(Cc1ccncc1)NCc1ccc(-n2cnc3ccccc32)cc1. The molecule has 26 heavy (non-hydrogen) atoms. The molecule has 128 valence electrons. The van der Waals surface area contributed by atoms with Crippen molar-refractivity contribution in [2.24, 2.45) is 0 Å². The monoisotopic (exact) mass is 342 g/mol. The Morgan fingerprint density at radius 1 is 0.923 bits per heavy atom. The predicted octanol–water partition coefficient (Wildman–Crippen LogP) is 3.28. The van der Waals surface area contributed by atoms with E-state index in [1.165, 1.54) is 0 Å². The molecule has 0 saturated heterocycles. The maximum absolute atomic E-state index is 12.0. The van der Waals surface area contributed by atoms with E-state index in [2.05, 4.69) is 25.9 Å². The first kappa shape index (κ1) is 16.0. The summed E-state index contributed by atoms with van der Waals surface area (Å²) in [6.45, 7) is 0.509. The lowest BCUT2D eigenvalue weighted by Gasteiger charge is -2.08. The second-order valence-electron chi connectivity index (χ2n) is 6.08. The van der Waals surface area contributed by atoms with Crippen LogP contribution >= 0.6 is 0 Å². The molecule has 0 bridgehead atoms. The van der Waals surface area contributed by atoms with Gasteiger partial charge in [0.05, 0.1) is 17.5 Å². The molecule has 4 aromatic rings. The Balaban J connectivity index is 1.41. The number of carbonyl (C=O) groups is 1. The predicted molar refractivity (Wildman–Crippen MR) is 101 cm³/mol. The van der Waals surface area contributed by atoms with Crippen LogP contribution in [0.5, 0.6) is 0 Å². The zero-order chi connectivity index (χ0) is 17.8. The topological polar surface area (TPSA) is 59.8 Å². The number of benzene rings is 2. The fourth-order valence-corrected chi connectivity index (χ4v) is 2.89. The third-order valence-electron chi connectivity index (χ3n) is 4.27. The van der Waals surface area contributed by atoms with E-state index in [1.807, 2.05) is 60.9 Å². The molecule has 4 rings (SSSR count). The van der Waals surface area contributed by atoms with Gasteiger partial charge in [-0.1, -0.05) is 24.3 Å². The quantitative estimate of drug-likeness (QED) is 0.605. The summed E-state index contributed by atoms with van der Waals surface area (Å²) < 4.78 is 2.06. The highest BCUT2D eigenvalue weighted by molar-refractivity contribution is 5.78. The van der Waals surface area contributed by atoms with Crippen LogP contribution in [0.4, 0.5) is 0 Å². The number of amides is 1. The van der Waals surface area contributed by atoms with Crippen molar-refractivity contribution in [2.45, 2.75) is 13.0 Å². The Morgan fingerprint density at radius 3 is 2.50 bits per heavy atom. The van der Waals surface area contributed by atoms with E-state index in [-0.39, 0.29) is 5.91 Å². The lowest BCUT2D eigenvalue weighted by Crippen LogP contribution is -2.24. The molecule has 1 N–H and O–H groups in total. The summed E-state index contributed by atoms with van der Waals surface area (Å²) >= 11 is 0. The minimum Gasteiger partial charge on any atom is -0.352 e. The lowest BCUT2D eigenvalue weighted by molar-refractivity contribution is -0.120. The number of para-hydroxylation sites is 2. The highest BCUT2D eigenvalue weighted by Crippen LogP contribution is 2.18. The van der Waals surface area contributed by atoms with E-state index in [9.17, 15) is 4.79 Å². The maximum Gasteiger partial charge on any atom is 0.224 e. The van der Waals surface area contributed by atoms with Crippen molar-refractivity contribution in [3.05, 3.63) is 90.5 Å². The summed E-state index contributed by atoms with van der Waals surface area (Å²) in [4.78, 5) is 20.4. The molecule has 2 heterocycles. The van der Waals surface area contributed by atoms with Crippen molar-refractivity contribution in [1.82, 2.24) is 19.9 Å². The fourth-order valence-electron chi connectivity index (χ4n) is 2.89. The van der Waals surface area contributed by atoms with Crippen molar-refractivity contribution >= 4 is 16.9 Å². The van der Waals surface area contributed by atoms with Crippen molar-refractivity contribution in [3.63, 3.8) is 0 Å². The van der Waals surface area contributed by atoms with Gasteiger partial charge >= 0.3 is 0 Å². The number of hydrogen-bond acceptors (Lipinski definition) is 3. The van der Waals surface area contributed by atoms with E-state index in [4.69, 9.17) is 0 Å². The van der Waals surface area contributed by atoms with Crippen LogP contribution in [0.1, 0.15) is 11.1 Å². The first-order valence-corrected chi connectivity index (χ1v) is 8.46. The van der Waals surface area contributed by atoms with E-state index < -0.39 is 0 Å². The molecule has 0 atom stereocenters. The Kier molecular flexibility index (Phi) is 4.43. The van der Waals surface area contributed by atoms with Gasteiger partial charge in [0.1, 0.15) is 6.33 Å². The summed E-state index contributed by atoms with van der Waals surface area (Å²) in [6, 6.07) is 19.9. The average Bonchev–Trinajstić information content (AvgIpc) is 3.12. The normalized spacial score (nSPS) is 10.8. The number of aromatic nitrogens is 3. The molecule has 0 aliphatic heterocycles. The molecular formula is C21H18N4O. The Labute approximate surface area is 151 Å². The number of carbonyl (C=O) groups excluding carboxylic acids is 1. The van der Waals surface area contributed by atoms with Crippen molar-refractivity contribution in [3.8, 4) is 5.69 Å². The van der Waals surface area contributed by atoms with Crippen LogP contribution in [0.2, 0.25) is 0 Å². The van der Waals surface area contributed by atoms with Gasteiger partial charge in [-0.05, 0) is 47.5 Å². The van der Waals surface area contributed by atoms with Gasteiger partial charge in [0.2, 0.25) is 5.91 Å². The van der Waals surface area contributed by atoms with Crippen LogP contribution in [0.3, 0.4) is 0 Å². The van der Waals surface area contributed by atoms with Gasteiger partial charge in [-0.15, -0.1) is 0 Å². The minimum absolute atomic E-state index is 0.000815. The molecule has 2 aromatic carbocycles. The van der Waals surface area contributed by atoms with Crippen LogP contribution in [0.25, 0.3) is 16.7 Å². The lowest BCUT2D eigenvalue weighted by atomic mass is 10.1. The number of nitrogens with zero attached hydrogens (tertiary/aromatic N) is 3. The van der Waals surface area contributed by atoms with Crippen LogP contribution < -0.4 is 5.32 Å². The maximum atomic E-state index is 12.0. The third-order valence-corrected chi connectivity index (χ3v) is 4.27. The summed E-state index contributed by atoms with van der Waals surface area (Å²) in [7, 11) is 0. The first-order chi connectivity index (χ1) is 12.8. The zero-order valence-corrected chi connectivity index (χ0v) is 14.2. The highest BCUT2D eigenvalue weighted by atomic mass is 16.1. The number of nitrogens with one attached hydrogen (secondary N) is 1. The van der Waals surface area contributed by atoms with Gasteiger partial charge in [-0.25, -0.2) is 4.98 Å². The molecule has 2 aromatic heterocycles. The van der Waals surface area contributed by atoms with Gasteiger partial charge in [0.15, 0.2) is 0 Å². The first-order valence-electron chi connectivity index (χ1n) is 8.46. The largest absolute Gasteiger partial charge is 0.352 e. The molecule has 1 amide bonds. The van der Waals surface area contributed by atoms with Crippen LogP contribution in [0.15, 0.2) is 79.4 Å². The summed E-state index contributed by atoms with van der Waals surface area (Å²) in [5, 5.41) is 2.95. The Morgan fingerprint density at radius 2 is 1.69 bits per heavy atom. The van der Waals surface area contributed by atoms with Gasteiger partial charge in [0.25, 0.3) is 0 Å². The van der Waals surface area contributed by atoms with Crippen LogP contribution in [-0.4, -0.2) is 20.4 Å². The van der Waals surface area contributed by atoms with E-state index >= 15 is 0 Å². The summed E-state index contributed by atoms with van der Waals surface area (Å²) in [5.74, 6) is 0.000815. The average molecular weight is 342 g/mol. The Hall–Kier alpha value is -3.47. The number of rotatable bonds is 5. The van der Waals surface area contributed by atoms with Crippen molar-refractivity contribution in [2.75, 3.05) is 0 Å². The Bertz CT molecular complexity index is 1020.